The van der Waals surface area contributed by atoms with Gasteiger partial charge in [0.25, 0.3) is 0 Å². The molecule has 0 fully saturated rings. The van der Waals surface area contributed by atoms with Crippen LogP contribution < -0.4 is 5.32 Å². The number of imidazole rings is 1. The molecule has 0 radical (unpaired) electrons. The summed E-state index contributed by atoms with van der Waals surface area (Å²) in [5.74, 6) is 0.846. The Labute approximate surface area is 106 Å². The summed E-state index contributed by atoms with van der Waals surface area (Å²) >= 11 is 0. The van der Waals surface area contributed by atoms with Gasteiger partial charge in [-0.2, -0.15) is 0 Å². The van der Waals surface area contributed by atoms with E-state index in [1.165, 1.54) is 5.69 Å². The van der Waals surface area contributed by atoms with Crippen LogP contribution in [0.2, 0.25) is 0 Å². The van der Waals surface area contributed by atoms with Crippen LogP contribution in [0.1, 0.15) is 23.6 Å². The van der Waals surface area contributed by atoms with Crippen LogP contribution in [0.15, 0.2) is 29.1 Å². The van der Waals surface area contributed by atoms with Gasteiger partial charge in [0.2, 0.25) is 0 Å². The molecule has 0 unspecified atom stereocenters. The summed E-state index contributed by atoms with van der Waals surface area (Å²) in [5.41, 5.74) is 2.27. The van der Waals surface area contributed by atoms with Gasteiger partial charge in [-0.05, 0) is 25.1 Å². The second kappa shape index (κ2) is 5.37. The van der Waals surface area contributed by atoms with Crippen molar-refractivity contribution < 1.29 is 9.15 Å². The molecule has 3 heterocycles. The second-order valence-corrected chi connectivity index (χ2v) is 4.43. The van der Waals surface area contributed by atoms with E-state index >= 15 is 0 Å². The van der Waals surface area contributed by atoms with Crippen molar-refractivity contribution in [2.45, 2.75) is 32.7 Å². The first-order chi connectivity index (χ1) is 8.93. The highest BCUT2D eigenvalue weighted by Gasteiger charge is 2.13. The van der Waals surface area contributed by atoms with Crippen molar-refractivity contribution in [1.82, 2.24) is 14.9 Å². The molecule has 0 amide bonds. The predicted octanol–water partition coefficient (Wildman–Crippen LogP) is 1.69. The van der Waals surface area contributed by atoms with Gasteiger partial charge in [0.05, 0.1) is 30.6 Å². The molecule has 0 bridgehead atoms. The van der Waals surface area contributed by atoms with Crippen molar-refractivity contribution >= 4 is 0 Å². The van der Waals surface area contributed by atoms with E-state index in [1.54, 1.807) is 6.26 Å². The highest BCUT2D eigenvalue weighted by molar-refractivity contribution is 5.13. The third-order valence-corrected chi connectivity index (χ3v) is 3.14. The highest BCUT2D eigenvalue weighted by atomic mass is 16.5. The summed E-state index contributed by atoms with van der Waals surface area (Å²) in [4.78, 5) is 4.43. The van der Waals surface area contributed by atoms with Crippen molar-refractivity contribution in [1.29, 1.82) is 0 Å². The minimum absolute atomic E-state index is 0.493. The molecular weight excluding hydrogens is 230 g/mol. The molecule has 96 valence electrons. The normalized spacial score (nSPS) is 15.3. The Morgan fingerprint density at radius 1 is 1.44 bits per heavy atom. The Morgan fingerprint density at radius 2 is 2.44 bits per heavy atom. The number of rotatable bonds is 4. The van der Waals surface area contributed by atoms with Gasteiger partial charge in [0, 0.05) is 13.1 Å². The van der Waals surface area contributed by atoms with E-state index in [4.69, 9.17) is 9.15 Å². The second-order valence-electron chi connectivity index (χ2n) is 4.43. The summed E-state index contributed by atoms with van der Waals surface area (Å²) < 4.78 is 13.1. The van der Waals surface area contributed by atoms with Crippen molar-refractivity contribution in [3.63, 3.8) is 0 Å². The molecule has 5 nitrogen and oxygen atoms in total. The number of furan rings is 1. The summed E-state index contributed by atoms with van der Waals surface area (Å²) in [6.45, 7) is 4.00. The summed E-state index contributed by atoms with van der Waals surface area (Å²) in [7, 11) is 0. The Balaban J connectivity index is 1.61. The molecule has 0 spiro atoms. The lowest BCUT2D eigenvalue weighted by Gasteiger charge is -2.05. The molecule has 2 aromatic heterocycles. The summed E-state index contributed by atoms with van der Waals surface area (Å²) in [5, 5.41) is 3.40. The molecule has 1 N–H and O–H groups in total. The first-order valence-corrected chi connectivity index (χ1v) is 6.27. The van der Waals surface area contributed by atoms with Crippen molar-refractivity contribution in [2.24, 2.45) is 0 Å². The first-order valence-electron chi connectivity index (χ1n) is 6.27. The molecule has 0 saturated heterocycles. The number of hydrogen-bond donors (Lipinski definition) is 1. The van der Waals surface area contributed by atoms with E-state index in [1.807, 2.05) is 18.5 Å². The standard InChI is InChI=1S/C13H17N3O2/c1-3-11(18-6-1)8-17-9-12-13-7-14-4-2-5-16(13)10-15-12/h1,3,6,10,14H,2,4-5,7-9H2. The van der Waals surface area contributed by atoms with Crippen LogP contribution in [-0.4, -0.2) is 16.1 Å². The zero-order valence-electron chi connectivity index (χ0n) is 10.3. The Kier molecular flexibility index (Phi) is 3.43. The molecular formula is C13H17N3O2. The van der Waals surface area contributed by atoms with Crippen molar-refractivity contribution in [3.05, 3.63) is 41.9 Å². The largest absolute Gasteiger partial charge is 0.467 e. The number of hydrogen-bond acceptors (Lipinski definition) is 4. The molecule has 2 aromatic rings. The lowest BCUT2D eigenvalue weighted by Crippen LogP contribution is -2.13. The molecule has 18 heavy (non-hydrogen) atoms. The fourth-order valence-corrected chi connectivity index (χ4v) is 2.19. The zero-order valence-corrected chi connectivity index (χ0v) is 10.3. The van der Waals surface area contributed by atoms with Crippen LogP contribution in [0.5, 0.6) is 0 Å². The van der Waals surface area contributed by atoms with E-state index in [-0.39, 0.29) is 0 Å². The van der Waals surface area contributed by atoms with Gasteiger partial charge >= 0.3 is 0 Å². The van der Waals surface area contributed by atoms with E-state index in [2.05, 4.69) is 14.9 Å². The van der Waals surface area contributed by atoms with Gasteiger partial charge in [0.1, 0.15) is 12.4 Å². The topological polar surface area (TPSA) is 52.2 Å². The third kappa shape index (κ3) is 2.47. The van der Waals surface area contributed by atoms with Gasteiger partial charge < -0.3 is 19.0 Å². The minimum Gasteiger partial charge on any atom is -0.467 e. The van der Waals surface area contributed by atoms with E-state index in [9.17, 15) is 0 Å². The molecule has 3 rings (SSSR count). The molecule has 0 atom stereocenters. The predicted molar refractivity (Wildman–Crippen MR) is 65.8 cm³/mol. The average molecular weight is 247 g/mol. The third-order valence-electron chi connectivity index (χ3n) is 3.14. The molecule has 1 aliphatic rings. The number of ether oxygens (including phenoxy) is 1. The van der Waals surface area contributed by atoms with Crippen LogP contribution in [0, 0.1) is 0 Å². The quantitative estimate of drug-likeness (QED) is 0.893. The van der Waals surface area contributed by atoms with Crippen LogP contribution in [0.3, 0.4) is 0 Å². The molecule has 5 heteroatoms. The fraction of sp³-hybridized carbons (Fsp3) is 0.462. The van der Waals surface area contributed by atoms with E-state index in [0.717, 1.165) is 37.5 Å². The maximum Gasteiger partial charge on any atom is 0.129 e. The Hall–Kier alpha value is -1.59. The summed E-state index contributed by atoms with van der Waals surface area (Å²) in [6.07, 6.45) is 4.72. The van der Waals surface area contributed by atoms with Crippen LogP contribution in [0.4, 0.5) is 0 Å². The van der Waals surface area contributed by atoms with Crippen LogP contribution >= 0.6 is 0 Å². The Morgan fingerprint density at radius 3 is 3.33 bits per heavy atom. The summed E-state index contributed by atoms with van der Waals surface area (Å²) in [6, 6.07) is 3.78. The lowest BCUT2D eigenvalue weighted by atomic mass is 10.3. The minimum atomic E-state index is 0.493. The smallest absolute Gasteiger partial charge is 0.129 e. The van der Waals surface area contributed by atoms with E-state index in [0.29, 0.717) is 13.2 Å². The SMILES string of the molecule is c1coc(COCc2ncn3c2CNCCC3)c1. The van der Waals surface area contributed by atoms with Gasteiger partial charge in [-0.1, -0.05) is 0 Å². The van der Waals surface area contributed by atoms with Gasteiger partial charge in [0.15, 0.2) is 0 Å². The molecule has 0 aromatic carbocycles. The van der Waals surface area contributed by atoms with Crippen molar-refractivity contribution in [2.75, 3.05) is 6.54 Å². The van der Waals surface area contributed by atoms with Crippen LogP contribution in [0.25, 0.3) is 0 Å². The van der Waals surface area contributed by atoms with Crippen molar-refractivity contribution in [3.8, 4) is 0 Å². The molecule has 0 saturated carbocycles. The number of aromatic nitrogens is 2. The fourth-order valence-electron chi connectivity index (χ4n) is 2.19. The first kappa shape index (κ1) is 11.5. The van der Waals surface area contributed by atoms with Gasteiger partial charge in [-0.15, -0.1) is 0 Å². The number of fused-ring (bicyclic) bond motifs is 1. The Bertz CT molecular complexity index is 490. The maximum absolute atomic E-state index is 5.63. The van der Waals surface area contributed by atoms with Gasteiger partial charge in [-0.25, -0.2) is 4.98 Å². The zero-order chi connectivity index (χ0) is 12.2. The van der Waals surface area contributed by atoms with Crippen LogP contribution in [-0.2, 0) is 31.0 Å². The average Bonchev–Trinajstić information content (AvgIpc) is 2.96. The molecule has 1 aliphatic heterocycles. The lowest BCUT2D eigenvalue weighted by molar-refractivity contribution is 0.0902. The van der Waals surface area contributed by atoms with E-state index < -0.39 is 0 Å². The number of nitrogens with zero attached hydrogens (tertiary/aromatic N) is 2. The maximum atomic E-state index is 5.63. The monoisotopic (exact) mass is 247 g/mol. The van der Waals surface area contributed by atoms with Gasteiger partial charge in [-0.3, -0.25) is 0 Å². The number of nitrogens with one attached hydrogen (secondary N) is 1. The number of aryl methyl sites for hydroxylation is 1. The highest BCUT2D eigenvalue weighted by Crippen LogP contribution is 2.13. The molecule has 0 aliphatic carbocycles.